The van der Waals surface area contributed by atoms with Crippen LogP contribution in [0, 0.1) is 0 Å². The Hall–Kier alpha value is -1.59. The first-order valence-corrected chi connectivity index (χ1v) is 5.92. The summed E-state index contributed by atoms with van der Waals surface area (Å²) < 4.78 is 5.12. The van der Waals surface area contributed by atoms with Crippen molar-refractivity contribution in [1.82, 2.24) is 4.90 Å². The van der Waals surface area contributed by atoms with Crippen LogP contribution in [0.15, 0.2) is 30.3 Å². The Balaban J connectivity index is 2.43. The molecule has 1 unspecified atom stereocenters. The summed E-state index contributed by atoms with van der Waals surface area (Å²) in [6, 6.07) is 9.37. The molecule has 1 atom stereocenters. The highest BCUT2D eigenvalue weighted by molar-refractivity contribution is 5.67. The van der Waals surface area contributed by atoms with Gasteiger partial charge in [-0.15, -0.1) is 0 Å². The van der Waals surface area contributed by atoms with E-state index in [2.05, 4.69) is 0 Å². The van der Waals surface area contributed by atoms with Crippen LogP contribution in [0.1, 0.15) is 12.5 Å². The second-order valence-electron chi connectivity index (χ2n) is 3.92. The van der Waals surface area contributed by atoms with E-state index in [1.54, 1.807) is 6.92 Å². The van der Waals surface area contributed by atoms with Gasteiger partial charge in [0.05, 0.1) is 19.3 Å². The molecule has 1 aromatic carbocycles. The van der Waals surface area contributed by atoms with Crippen molar-refractivity contribution in [2.24, 2.45) is 0 Å². The molecule has 0 aliphatic rings. The van der Waals surface area contributed by atoms with Gasteiger partial charge in [-0.05, 0) is 12.5 Å². The number of rotatable bonds is 6. The van der Waals surface area contributed by atoms with Crippen LogP contribution in [0.25, 0.3) is 0 Å². The lowest BCUT2D eigenvalue weighted by atomic mass is 10.2. The Morgan fingerprint density at radius 1 is 1.39 bits per heavy atom. The third kappa shape index (κ3) is 4.73. The number of carbonyl (C=O) groups is 1. The average molecular weight is 253 g/mol. The van der Waals surface area contributed by atoms with Gasteiger partial charge >= 0.3 is 6.09 Å². The van der Waals surface area contributed by atoms with E-state index < -0.39 is 12.2 Å². The molecule has 0 fully saturated rings. The van der Waals surface area contributed by atoms with Gasteiger partial charge in [0, 0.05) is 6.54 Å². The van der Waals surface area contributed by atoms with E-state index in [0.717, 1.165) is 5.56 Å². The molecule has 2 N–H and O–H groups in total. The van der Waals surface area contributed by atoms with Crippen LogP contribution >= 0.6 is 0 Å². The van der Waals surface area contributed by atoms with E-state index in [1.165, 1.54) is 4.90 Å². The van der Waals surface area contributed by atoms with Crippen molar-refractivity contribution in [1.29, 1.82) is 0 Å². The minimum atomic E-state index is -0.936. The summed E-state index contributed by atoms with van der Waals surface area (Å²) in [7, 11) is 0. The Morgan fingerprint density at radius 3 is 2.61 bits per heavy atom. The molecule has 0 bridgehead atoms. The summed E-state index contributed by atoms with van der Waals surface area (Å²) in [4.78, 5) is 13.1. The summed E-state index contributed by atoms with van der Waals surface area (Å²) in [6.07, 6.45) is -1.43. The Morgan fingerprint density at radius 2 is 2.06 bits per heavy atom. The lowest BCUT2D eigenvalue weighted by molar-refractivity contribution is 0.0461. The van der Waals surface area contributed by atoms with Gasteiger partial charge < -0.3 is 19.8 Å². The molecule has 1 rings (SSSR count). The Kier molecular flexibility index (Phi) is 6.18. The largest absolute Gasteiger partial charge is 0.445 e. The molecule has 100 valence electrons. The molecule has 0 aromatic heterocycles. The average Bonchev–Trinajstić information content (AvgIpc) is 2.42. The molecule has 5 heteroatoms. The van der Waals surface area contributed by atoms with E-state index in [9.17, 15) is 9.90 Å². The third-order valence-electron chi connectivity index (χ3n) is 2.49. The number of benzene rings is 1. The van der Waals surface area contributed by atoms with Gasteiger partial charge in [-0.1, -0.05) is 30.3 Å². The maximum Gasteiger partial charge on any atom is 0.410 e. The summed E-state index contributed by atoms with van der Waals surface area (Å²) in [5, 5.41) is 18.0. The fourth-order valence-electron chi connectivity index (χ4n) is 1.46. The van der Waals surface area contributed by atoms with Crippen LogP contribution in [0.2, 0.25) is 0 Å². The van der Waals surface area contributed by atoms with Crippen molar-refractivity contribution in [3.8, 4) is 0 Å². The number of nitrogens with zero attached hydrogens (tertiary/aromatic N) is 1. The first kappa shape index (κ1) is 14.5. The zero-order valence-electron chi connectivity index (χ0n) is 10.5. The number of aliphatic hydroxyl groups is 2. The van der Waals surface area contributed by atoms with Crippen molar-refractivity contribution in [2.45, 2.75) is 19.6 Å². The van der Waals surface area contributed by atoms with Crippen LogP contribution in [0.5, 0.6) is 0 Å². The molecule has 0 saturated heterocycles. The van der Waals surface area contributed by atoms with Crippen LogP contribution in [0.4, 0.5) is 4.79 Å². The van der Waals surface area contributed by atoms with Gasteiger partial charge in [0.15, 0.2) is 0 Å². The van der Waals surface area contributed by atoms with Gasteiger partial charge in [0.1, 0.15) is 6.61 Å². The first-order valence-electron chi connectivity index (χ1n) is 5.92. The normalized spacial score (nSPS) is 11.9. The second-order valence-corrected chi connectivity index (χ2v) is 3.92. The number of aliphatic hydroxyl groups excluding tert-OH is 2. The smallest absolute Gasteiger partial charge is 0.410 e. The number of likely N-dealkylation sites (N-methyl/N-ethyl adjacent to an activating group) is 1. The van der Waals surface area contributed by atoms with Crippen LogP contribution in [-0.2, 0) is 11.3 Å². The summed E-state index contributed by atoms with van der Waals surface area (Å²) in [5.41, 5.74) is 0.907. The fourth-order valence-corrected chi connectivity index (χ4v) is 1.46. The third-order valence-corrected chi connectivity index (χ3v) is 2.49. The molecule has 0 radical (unpaired) electrons. The molecule has 0 aliphatic carbocycles. The van der Waals surface area contributed by atoms with E-state index in [-0.39, 0.29) is 19.8 Å². The summed E-state index contributed by atoms with van der Waals surface area (Å²) in [5.74, 6) is 0. The molecule has 1 amide bonds. The molecular weight excluding hydrogens is 234 g/mol. The van der Waals surface area contributed by atoms with Crippen molar-refractivity contribution < 1.29 is 19.7 Å². The predicted octanol–water partition coefficient (Wildman–Crippen LogP) is 0.998. The highest BCUT2D eigenvalue weighted by Gasteiger charge is 2.16. The Labute approximate surface area is 107 Å². The molecule has 0 saturated carbocycles. The van der Waals surface area contributed by atoms with Crippen molar-refractivity contribution in [2.75, 3.05) is 19.7 Å². The van der Waals surface area contributed by atoms with Gasteiger partial charge in [-0.2, -0.15) is 0 Å². The first-order chi connectivity index (χ1) is 8.67. The van der Waals surface area contributed by atoms with Gasteiger partial charge in [0.25, 0.3) is 0 Å². The minimum Gasteiger partial charge on any atom is -0.445 e. The lowest BCUT2D eigenvalue weighted by Gasteiger charge is -2.22. The minimum absolute atomic E-state index is 0.0701. The van der Waals surface area contributed by atoms with Gasteiger partial charge in [-0.25, -0.2) is 4.79 Å². The Bertz CT molecular complexity index is 355. The zero-order chi connectivity index (χ0) is 13.4. The number of hydrogen-bond donors (Lipinski definition) is 2. The van der Waals surface area contributed by atoms with Crippen LogP contribution in [-0.4, -0.2) is 47.0 Å². The predicted molar refractivity (Wildman–Crippen MR) is 67.0 cm³/mol. The maximum absolute atomic E-state index is 11.7. The van der Waals surface area contributed by atoms with Crippen molar-refractivity contribution in [3.05, 3.63) is 35.9 Å². The quantitative estimate of drug-likeness (QED) is 0.793. The highest BCUT2D eigenvalue weighted by atomic mass is 16.6. The number of carbonyl (C=O) groups excluding carboxylic acids is 1. The molecule has 0 heterocycles. The van der Waals surface area contributed by atoms with Crippen LogP contribution in [0.3, 0.4) is 0 Å². The zero-order valence-corrected chi connectivity index (χ0v) is 10.5. The van der Waals surface area contributed by atoms with E-state index in [0.29, 0.717) is 6.54 Å². The molecular formula is C13H19NO4. The molecule has 0 aliphatic heterocycles. The number of hydrogen-bond acceptors (Lipinski definition) is 4. The number of ether oxygens (including phenoxy) is 1. The topological polar surface area (TPSA) is 70.0 Å². The van der Waals surface area contributed by atoms with E-state index >= 15 is 0 Å². The fraction of sp³-hybridized carbons (Fsp3) is 0.462. The SMILES string of the molecule is CCN(CC(O)CO)C(=O)OCc1ccccc1. The second kappa shape index (κ2) is 7.68. The standard InChI is InChI=1S/C13H19NO4/c1-2-14(8-12(16)9-15)13(17)18-10-11-6-4-3-5-7-11/h3-7,12,15-16H,2,8-10H2,1H3. The van der Waals surface area contributed by atoms with E-state index in [4.69, 9.17) is 9.84 Å². The maximum atomic E-state index is 11.7. The molecule has 1 aromatic rings. The monoisotopic (exact) mass is 253 g/mol. The lowest BCUT2D eigenvalue weighted by Crippen LogP contribution is -2.38. The van der Waals surface area contributed by atoms with Gasteiger partial charge in [-0.3, -0.25) is 0 Å². The molecule has 18 heavy (non-hydrogen) atoms. The number of amides is 1. The molecule has 0 spiro atoms. The highest BCUT2D eigenvalue weighted by Crippen LogP contribution is 2.03. The summed E-state index contributed by atoms with van der Waals surface area (Å²) in [6.45, 7) is 2.10. The van der Waals surface area contributed by atoms with Crippen molar-refractivity contribution >= 4 is 6.09 Å². The molecule has 5 nitrogen and oxygen atoms in total. The van der Waals surface area contributed by atoms with E-state index in [1.807, 2.05) is 30.3 Å². The van der Waals surface area contributed by atoms with Gasteiger partial charge in [0.2, 0.25) is 0 Å². The van der Waals surface area contributed by atoms with Crippen molar-refractivity contribution in [3.63, 3.8) is 0 Å². The van der Waals surface area contributed by atoms with Crippen LogP contribution < -0.4 is 0 Å². The summed E-state index contributed by atoms with van der Waals surface area (Å²) >= 11 is 0.